The van der Waals surface area contributed by atoms with E-state index in [-0.39, 0.29) is 81.6 Å². The van der Waals surface area contributed by atoms with Gasteiger partial charge in [-0.1, -0.05) is 54.6 Å². The average molecular weight is 757 g/mol. The minimum atomic E-state index is -1.12. The number of benzene rings is 2. The Morgan fingerprint density at radius 1 is 0.818 bits per heavy atom. The molecule has 1 unspecified atom stereocenters. The van der Waals surface area contributed by atoms with Gasteiger partial charge in [-0.3, -0.25) is 43.8 Å². The van der Waals surface area contributed by atoms with Gasteiger partial charge in [-0.2, -0.15) is 0 Å². The highest BCUT2D eigenvalue weighted by Crippen LogP contribution is 2.33. The molecule has 288 valence electrons. The van der Waals surface area contributed by atoms with Crippen LogP contribution in [0.1, 0.15) is 39.1 Å². The number of hydrogen-bond donors (Lipinski definition) is 3. The number of fused-ring (bicyclic) bond motifs is 1. The molecule has 2 aliphatic heterocycles. The fourth-order valence-electron chi connectivity index (χ4n) is 5.64. The molecule has 1 fully saturated rings. The number of methoxy groups -OCH3 is 1. The number of imide groups is 2. The van der Waals surface area contributed by atoms with E-state index in [0.717, 1.165) is 10.5 Å². The van der Waals surface area contributed by atoms with Gasteiger partial charge < -0.3 is 34.3 Å². The third-order valence-electron chi connectivity index (χ3n) is 8.32. The molecule has 0 bridgehead atoms. The molecule has 0 saturated carbocycles. The number of nitrogens with zero attached hydrogens (tertiary/aromatic N) is 1. The molecule has 2 aromatic carbocycles. The zero-order valence-corrected chi connectivity index (χ0v) is 30.0. The summed E-state index contributed by atoms with van der Waals surface area (Å²) in [6.07, 6.45) is 8.36. The molecule has 5 rings (SSSR count). The zero-order chi connectivity index (χ0) is 39.2. The van der Waals surface area contributed by atoms with E-state index in [4.69, 9.17) is 23.7 Å². The van der Waals surface area contributed by atoms with Crippen molar-refractivity contribution in [1.29, 1.82) is 0 Å². The van der Waals surface area contributed by atoms with Crippen LogP contribution in [0.25, 0.3) is 6.08 Å². The number of allylic oxidation sites excluding steroid dienone is 4. The maximum atomic E-state index is 13.1. The fourth-order valence-corrected chi connectivity index (χ4v) is 5.64. The van der Waals surface area contributed by atoms with Crippen LogP contribution >= 0.6 is 0 Å². The first kappa shape index (κ1) is 39.8. The van der Waals surface area contributed by atoms with E-state index in [1.807, 2.05) is 42.5 Å². The Balaban J connectivity index is 0.918. The van der Waals surface area contributed by atoms with Gasteiger partial charge >= 0.3 is 0 Å². The highest BCUT2D eigenvalue weighted by molar-refractivity contribution is 6.24. The van der Waals surface area contributed by atoms with Gasteiger partial charge in [0.05, 0.1) is 44.7 Å². The van der Waals surface area contributed by atoms with Crippen LogP contribution in [0.5, 0.6) is 5.75 Å². The van der Waals surface area contributed by atoms with Crippen LogP contribution in [0.2, 0.25) is 0 Å². The lowest BCUT2D eigenvalue weighted by Gasteiger charge is -2.27. The van der Waals surface area contributed by atoms with Crippen LogP contribution in [0.4, 0.5) is 0 Å². The molecule has 0 aromatic heterocycles. The molecule has 0 spiro atoms. The second-order valence-electron chi connectivity index (χ2n) is 12.1. The van der Waals surface area contributed by atoms with Crippen molar-refractivity contribution < 1.29 is 57.2 Å². The summed E-state index contributed by atoms with van der Waals surface area (Å²) in [5.74, 6) is -3.55. The SMILES string of the molecule is COC1=CC(=O)C(OCC(=O)NCCOCCOCCNC(=O)COc2cccc3c2C(=O)N(C2CCC(=O)NC2=O)C3=O)=C/C1=C/C=C/c1ccccc1. The molecule has 1 atom stereocenters. The molecule has 55 heavy (non-hydrogen) atoms. The van der Waals surface area contributed by atoms with Crippen molar-refractivity contribution in [2.24, 2.45) is 0 Å². The Morgan fingerprint density at radius 2 is 1.51 bits per heavy atom. The second-order valence-corrected chi connectivity index (χ2v) is 12.1. The van der Waals surface area contributed by atoms with E-state index in [1.54, 1.807) is 6.08 Å². The molecular formula is C39H40N4O12. The first-order chi connectivity index (χ1) is 26.7. The van der Waals surface area contributed by atoms with Gasteiger partial charge in [0, 0.05) is 31.2 Å². The van der Waals surface area contributed by atoms with Gasteiger partial charge in [0.15, 0.2) is 19.0 Å². The van der Waals surface area contributed by atoms with Gasteiger partial charge in [-0.25, -0.2) is 0 Å². The fraction of sp³-hybridized carbons (Fsp3) is 0.308. The number of ether oxygens (including phenoxy) is 5. The number of ketones is 1. The lowest BCUT2D eigenvalue weighted by molar-refractivity contribution is -0.136. The lowest BCUT2D eigenvalue weighted by atomic mass is 10.0. The third kappa shape index (κ3) is 10.8. The molecule has 2 heterocycles. The van der Waals surface area contributed by atoms with Crippen LogP contribution in [-0.2, 0) is 42.9 Å². The van der Waals surface area contributed by atoms with Crippen LogP contribution in [0.15, 0.2) is 89.9 Å². The van der Waals surface area contributed by atoms with E-state index in [1.165, 1.54) is 37.5 Å². The van der Waals surface area contributed by atoms with Crippen molar-refractivity contribution in [3.8, 4) is 5.75 Å². The number of rotatable bonds is 19. The highest BCUT2D eigenvalue weighted by atomic mass is 16.5. The number of hydrogen-bond acceptors (Lipinski definition) is 12. The number of piperidine rings is 1. The van der Waals surface area contributed by atoms with Gasteiger partial charge in [0.2, 0.25) is 17.6 Å². The molecule has 0 radical (unpaired) electrons. The molecule has 16 nitrogen and oxygen atoms in total. The minimum absolute atomic E-state index is 0.00463. The Morgan fingerprint density at radius 3 is 2.18 bits per heavy atom. The Bertz CT molecular complexity index is 1930. The van der Waals surface area contributed by atoms with Crippen molar-refractivity contribution in [3.05, 3.63) is 107 Å². The summed E-state index contributed by atoms with van der Waals surface area (Å²) in [6.45, 7) is 0.387. The van der Waals surface area contributed by atoms with Crippen molar-refractivity contribution in [3.63, 3.8) is 0 Å². The molecular weight excluding hydrogens is 716 g/mol. The molecule has 6 amide bonds. The van der Waals surface area contributed by atoms with Gasteiger partial charge in [0.1, 0.15) is 17.6 Å². The predicted octanol–water partition coefficient (Wildman–Crippen LogP) is 1.39. The smallest absolute Gasteiger partial charge is 0.266 e. The maximum absolute atomic E-state index is 13.1. The molecule has 2 aromatic rings. The van der Waals surface area contributed by atoms with Crippen molar-refractivity contribution in [1.82, 2.24) is 20.9 Å². The summed E-state index contributed by atoms with van der Waals surface area (Å²) in [5.41, 5.74) is 1.61. The molecule has 3 N–H and O–H groups in total. The van der Waals surface area contributed by atoms with Crippen LogP contribution in [-0.4, -0.2) is 112 Å². The maximum Gasteiger partial charge on any atom is 0.266 e. The predicted molar refractivity (Wildman–Crippen MR) is 194 cm³/mol. The third-order valence-corrected chi connectivity index (χ3v) is 8.32. The van der Waals surface area contributed by atoms with Crippen molar-refractivity contribution in [2.75, 3.05) is 59.8 Å². The number of amides is 6. The Hall–Kier alpha value is -6.39. The summed E-state index contributed by atoms with van der Waals surface area (Å²) in [7, 11) is 1.46. The highest BCUT2D eigenvalue weighted by Gasteiger charge is 2.46. The standard InChI is InChI=1S/C39H40N4O12/c1-51-31-22-29(44)32(21-26(31)10-5-9-25-7-3-2-4-8-25)55-24-35(47)41-16-18-53-20-19-52-17-15-40-34(46)23-54-30-12-6-11-27-36(30)39(50)43(38(27)49)28-13-14-33(45)42-37(28)48/h2-12,21-22,28H,13-20,23-24H2,1H3,(H,40,46)(H,41,47)(H,42,45,48)/b9-5+,26-10-. The van der Waals surface area contributed by atoms with Crippen LogP contribution in [0.3, 0.4) is 0 Å². The van der Waals surface area contributed by atoms with Crippen molar-refractivity contribution >= 4 is 47.3 Å². The van der Waals surface area contributed by atoms with Crippen LogP contribution in [0, 0.1) is 0 Å². The van der Waals surface area contributed by atoms with E-state index >= 15 is 0 Å². The van der Waals surface area contributed by atoms with E-state index < -0.39 is 53.9 Å². The average Bonchev–Trinajstić information content (AvgIpc) is 3.43. The Labute approximate surface area is 316 Å². The summed E-state index contributed by atoms with van der Waals surface area (Å²) in [6, 6.07) is 13.0. The van der Waals surface area contributed by atoms with Gasteiger partial charge in [-0.15, -0.1) is 0 Å². The van der Waals surface area contributed by atoms with Crippen molar-refractivity contribution in [2.45, 2.75) is 18.9 Å². The van der Waals surface area contributed by atoms with E-state index in [9.17, 15) is 33.6 Å². The molecule has 16 heteroatoms. The van der Waals surface area contributed by atoms with Crippen LogP contribution < -0.4 is 20.7 Å². The van der Waals surface area contributed by atoms with Gasteiger partial charge in [-0.05, 0) is 30.2 Å². The summed E-state index contributed by atoms with van der Waals surface area (Å²) < 4.78 is 27.2. The first-order valence-electron chi connectivity index (χ1n) is 17.4. The topological polar surface area (TPSA) is 205 Å². The largest absolute Gasteiger partial charge is 0.496 e. The number of nitrogens with one attached hydrogen (secondary N) is 3. The van der Waals surface area contributed by atoms with Gasteiger partial charge in [0.25, 0.3) is 23.6 Å². The summed E-state index contributed by atoms with van der Waals surface area (Å²) >= 11 is 0. The quantitative estimate of drug-likeness (QED) is 0.137. The van der Waals surface area contributed by atoms with E-state index in [2.05, 4.69) is 16.0 Å². The lowest BCUT2D eigenvalue weighted by Crippen LogP contribution is -2.54. The summed E-state index contributed by atoms with van der Waals surface area (Å²) in [5, 5.41) is 7.41. The molecule has 1 aliphatic carbocycles. The zero-order valence-electron chi connectivity index (χ0n) is 30.0. The number of carbonyl (C=O) groups excluding carboxylic acids is 7. The second kappa shape index (κ2) is 19.6. The minimum Gasteiger partial charge on any atom is -0.496 e. The molecule has 3 aliphatic rings. The number of carbonyl (C=O) groups is 7. The Kier molecular flexibility index (Phi) is 14.2. The first-order valence-corrected chi connectivity index (χ1v) is 17.4. The summed E-state index contributed by atoms with van der Waals surface area (Å²) in [4.78, 5) is 87.8. The normalized spacial score (nSPS) is 17.5. The van der Waals surface area contributed by atoms with E-state index in [0.29, 0.717) is 11.3 Å². The molecule has 1 saturated heterocycles. The monoisotopic (exact) mass is 756 g/mol.